The Hall–Kier alpha value is -3.33. The van der Waals surface area contributed by atoms with Crippen LogP contribution in [0.1, 0.15) is 36.1 Å². The molecular weight excluding hydrogens is 426 g/mol. The molecule has 0 aliphatic heterocycles. The Balaban J connectivity index is 1.64. The van der Waals surface area contributed by atoms with Crippen LogP contribution in [0.4, 0.5) is 5.69 Å². The van der Waals surface area contributed by atoms with Crippen molar-refractivity contribution in [3.05, 3.63) is 66.0 Å². The SMILES string of the molecule is COc1cccc(NC(=O)CSc2nnc([C@H](NC(=O)c3ccccc3)C(C)C)n2C)c1. The third-order valence-electron chi connectivity index (χ3n) is 4.82. The molecule has 1 heterocycles. The second kappa shape index (κ2) is 10.8. The van der Waals surface area contributed by atoms with E-state index in [9.17, 15) is 9.59 Å². The molecule has 32 heavy (non-hydrogen) atoms. The molecule has 2 aromatic carbocycles. The van der Waals surface area contributed by atoms with Crippen molar-refractivity contribution in [3.8, 4) is 5.75 Å². The number of carbonyl (C=O) groups excluding carboxylic acids is 2. The molecule has 0 spiro atoms. The number of nitrogens with zero attached hydrogens (tertiary/aromatic N) is 3. The monoisotopic (exact) mass is 453 g/mol. The summed E-state index contributed by atoms with van der Waals surface area (Å²) in [7, 11) is 3.41. The summed E-state index contributed by atoms with van der Waals surface area (Å²) in [6.07, 6.45) is 0. The number of aromatic nitrogens is 3. The van der Waals surface area contributed by atoms with Crippen LogP contribution in [0.2, 0.25) is 0 Å². The minimum Gasteiger partial charge on any atom is -0.497 e. The number of thioether (sulfide) groups is 1. The molecule has 0 saturated heterocycles. The topological polar surface area (TPSA) is 98.1 Å². The Labute approximate surface area is 191 Å². The number of benzene rings is 2. The molecule has 2 amide bonds. The van der Waals surface area contributed by atoms with E-state index < -0.39 is 0 Å². The van der Waals surface area contributed by atoms with Gasteiger partial charge in [0.15, 0.2) is 11.0 Å². The Kier molecular flexibility index (Phi) is 7.88. The first-order valence-corrected chi connectivity index (χ1v) is 11.2. The van der Waals surface area contributed by atoms with Gasteiger partial charge in [-0.15, -0.1) is 10.2 Å². The van der Waals surface area contributed by atoms with E-state index in [-0.39, 0.29) is 29.5 Å². The summed E-state index contributed by atoms with van der Waals surface area (Å²) in [6.45, 7) is 4.03. The number of carbonyl (C=O) groups is 2. The summed E-state index contributed by atoms with van der Waals surface area (Å²) in [4.78, 5) is 25.0. The molecule has 1 atom stereocenters. The van der Waals surface area contributed by atoms with Crippen LogP contribution < -0.4 is 15.4 Å². The molecule has 2 N–H and O–H groups in total. The van der Waals surface area contributed by atoms with E-state index in [4.69, 9.17) is 4.74 Å². The van der Waals surface area contributed by atoms with Gasteiger partial charge < -0.3 is 19.9 Å². The van der Waals surface area contributed by atoms with E-state index in [2.05, 4.69) is 20.8 Å². The highest BCUT2D eigenvalue weighted by molar-refractivity contribution is 7.99. The summed E-state index contributed by atoms with van der Waals surface area (Å²) >= 11 is 1.28. The van der Waals surface area contributed by atoms with Crippen LogP contribution >= 0.6 is 11.8 Å². The van der Waals surface area contributed by atoms with E-state index in [0.717, 1.165) is 0 Å². The minimum absolute atomic E-state index is 0.0970. The van der Waals surface area contributed by atoms with Crippen LogP contribution in [0.25, 0.3) is 0 Å². The molecule has 3 rings (SSSR count). The maximum atomic E-state index is 12.6. The Morgan fingerprint density at radius 1 is 1.09 bits per heavy atom. The first kappa shape index (κ1) is 23.3. The zero-order valence-corrected chi connectivity index (χ0v) is 19.3. The molecule has 0 aliphatic carbocycles. The first-order valence-electron chi connectivity index (χ1n) is 10.2. The molecule has 0 saturated carbocycles. The van der Waals surface area contributed by atoms with Crippen LogP contribution in [0.15, 0.2) is 59.8 Å². The van der Waals surface area contributed by atoms with Gasteiger partial charge in [0.2, 0.25) is 5.91 Å². The second-order valence-electron chi connectivity index (χ2n) is 7.53. The maximum absolute atomic E-state index is 12.6. The second-order valence-corrected chi connectivity index (χ2v) is 8.47. The van der Waals surface area contributed by atoms with Crippen molar-refractivity contribution in [2.45, 2.75) is 25.0 Å². The van der Waals surface area contributed by atoms with Crippen molar-refractivity contribution >= 4 is 29.3 Å². The lowest BCUT2D eigenvalue weighted by molar-refractivity contribution is -0.113. The number of methoxy groups -OCH3 is 1. The van der Waals surface area contributed by atoms with Crippen molar-refractivity contribution in [3.63, 3.8) is 0 Å². The fourth-order valence-electron chi connectivity index (χ4n) is 3.09. The number of ether oxygens (including phenoxy) is 1. The van der Waals surface area contributed by atoms with Gasteiger partial charge in [0, 0.05) is 24.4 Å². The highest BCUT2D eigenvalue weighted by atomic mass is 32.2. The zero-order valence-electron chi connectivity index (χ0n) is 18.5. The average Bonchev–Trinajstić information content (AvgIpc) is 3.16. The van der Waals surface area contributed by atoms with Gasteiger partial charge in [0.05, 0.1) is 18.9 Å². The van der Waals surface area contributed by atoms with Crippen molar-refractivity contribution in [2.75, 3.05) is 18.2 Å². The predicted molar refractivity (Wildman–Crippen MR) is 125 cm³/mol. The van der Waals surface area contributed by atoms with Gasteiger partial charge in [-0.3, -0.25) is 9.59 Å². The number of anilines is 1. The van der Waals surface area contributed by atoms with Crippen molar-refractivity contribution < 1.29 is 14.3 Å². The molecule has 1 aromatic heterocycles. The molecule has 3 aromatic rings. The third kappa shape index (κ3) is 5.88. The van der Waals surface area contributed by atoms with E-state index in [0.29, 0.717) is 28.0 Å². The molecule has 168 valence electrons. The summed E-state index contributed by atoms with van der Waals surface area (Å²) < 4.78 is 6.99. The van der Waals surface area contributed by atoms with Gasteiger partial charge in [-0.05, 0) is 30.2 Å². The smallest absolute Gasteiger partial charge is 0.251 e. The Bertz CT molecular complexity index is 1070. The van der Waals surface area contributed by atoms with Crippen LogP contribution in [0.5, 0.6) is 5.75 Å². The fraction of sp³-hybridized carbons (Fsp3) is 0.304. The number of rotatable bonds is 9. The standard InChI is InChI=1S/C23H27N5O3S/c1-15(2)20(25-22(30)16-9-6-5-7-10-16)21-26-27-23(28(21)3)32-14-19(29)24-17-11-8-12-18(13-17)31-4/h5-13,15,20H,14H2,1-4H3,(H,24,29)(H,25,30)/t20-/m1/s1. The lowest BCUT2D eigenvalue weighted by atomic mass is 10.0. The van der Waals surface area contributed by atoms with Gasteiger partial charge >= 0.3 is 0 Å². The van der Waals surface area contributed by atoms with Gasteiger partial charge in [-0.2, -0.15) is 0 Å². The summed E-state index contributed by atoms with van der Waals surface area (Å²) in [5, 5.41) is 15.0. The predicted octanol–water partition coefficient (Wildman–Crippen LogP) is 3.68. The highest BCUT2D eigenvalue weighted by Crippen LogP contribution is 2.25. The molecule has 8 nitrogen and oxygen atoms in total. The van der Waals surface area contributed by atoms with Crippen molar-refractivity contribution in [1.82, 2.24) is 20.1 Å². The Morgan fingerprint density at radius 3 is 2.53 bits per heavy atom. The molecule has 0 unspecified atom stereocenters. The molecule has 0 radical (unpaired) electrons. The summed E-state index contributed by atoms with van der Waals surface area (Å²) in [6, 6.07) is 15.9. The average molecular weight is 454 g/mol. The molecular formula is C23H27N5O3S. The van der Waals surface area contributed by atoms with Gasteiger partial charge in [0.1, 0.15) is 5.75 Å². The lowest BCUT2D eigenvalue weighted by Crippen LogP contribution is -2.33. The minimum atomic E-state index is -0.319. The first-order chi connectivity index (χ1) is 15.4. The highest BCUT2D eigenvalue weighted by Gasteiger charge is 2.25. The van der Waals surface area contributed by atoms with Gasteiger partial charge in [-0.1, -0.05) is 49.9 Å². The molecule has 0 aliphatic rings. The summed E-state index contributed by atoms with van der Waals surface area (Å²) in [5.74, 6) is 1.25. The molecule has 0 bridgehead atoms. The number of amides is 2. The lowest BCUT2D eigenvalue weighted by Gasteiger charge is -2.21. The van der Waals surface area contributed by atoms with Gasteiger partial charge in [-0.25, -0.2) is 0 Å². The largest absolute Gasteiger partial charge is 0.497 e. The van der Waals surface area contributed by atoms with Crippen LogP contribution in [-0.2, 0) is 11.8 Å². The number of nitrogens with one attached hydrogen (secondary N) is 2. The van der Waals surface area contributed by atoms with Crippen LogP contribution in [-0.4, -0.2) is 39.4 Å². The van der Waals surface area contributed by atoms with Crippen LogP contribution in [0.3, 0.4) is 0 Å². The molecule has 0 fully saturated rings. The zero-order chi connectivity index (χ0) is 23.1. The van der Waals surface area contributed by atoms with E-state index in [1.165, 1.54) is 11.8 Å². The summed E-state index contributed by atoms with van der Waals surface area (Å²) in [5.41, 5.74) is 1.25. The Morgan fingerprint density at radius 2 is 1.84 bits per heavy atom. The van der Waals surface area contributed by atoms with Crippen LogP contribution in [0, 0.1) is 5.92 Å². The third-order valence-corrected chi connectivity index (χ3v) is 5.84. The molecule has 9 heteroatoms. The van der Waals surface area contributed by atoms with E-state index in [1.54, 1.807) is 31.4 Å². The fourth-order valence-corrected chi connectivity index (χ4v) is 3.81. The number of hydrogen-bond donors (Lipinski definition) is 2. The van der Waals surface area contributed by atoms with E-state index >= 15 is 0 Å². The van der Waals surface area contributed by atoms with Crippen molar-refractivity contribution in [2.24, 2.45) is 13.0 Å². The normalized spacial score (nSPS) is 11.8. The van der Waals surface area contributed by atoms with E-state index in [1.807, 2.05) is 55.8 Å². The van der Waals surface area contributed by atoms with Crippen molar-refractivity contribution in [1.29, 1.82) is 0 Å². The quantitative estimate of drug-likeness (QED) is 0.480. The van der Waals surface area contributed by atoms with Gasteiger partial charge in [0.25, 0.3) is 5.91 Å². The maximum Gasteiger partial charge on any atom is 0.251 e. The number of hydrogen-bond acceptors (Lipinski definition) is 6.